The van der Waals surface area contributed by atoms with Crippen LogP contribution in [-0.4, -0.2) is 6.21 Å². The average Bonchev–Trinajstić information content (AvgIpc) is 2.52. The van der Waals surface area contributed by atoms with Crippen molar-refractivity contribution in [3.8, 4) is 12.1 Å². The fraction of sp³-hybridized carbons (Fsp3) is 0.0625. The van der Waals surface area contributed by atoms with Crippen LogP contribution in [-0.2, 0) is 11.4 Å². The minimum absolute atomic E-state index is 0.277. The number of benzene rings is 2. The Hall–Kier alpha value is -3.11. The first-order valence-electron chi connectivity index (χ1n) is 5.89. The maximum Gasteiger partial charge on any atom is 0.142 e. The molecule has 2 aromatic rings. The lowest BCUT2D eigenvalue weighted by Gasteiger charge is -1.99. The van der Waals surface area contributed by atoms with Gasteiger partial charge >= 0.3 is 0 Å². The Morgan fingerprint density at radius 2 is 1.60 bits per heavy atom. The molecule has 0 saturated heterocycles. The Bertz CT molecular complexity index is 691. The molecule has 0 aromatic heterocycles. The molecule has 0 N–H and O–H groups in total. The number of nitrogens with zero attached hydrogens (tertiary/aromatic N) is 3. The minimum atomic E-state index is 0.277. The van der Waals surface area contributed by atoms with Crippen LogP contribution in [0.5, 0.6) is 0 Å². The van der Waals surface area contributed by atoms with E-state index >= 15 is 0 Å². The summed E-state index contributed by atoms with van der Waals surface area (Å²) in [4.78, 5) is 5.12. The van der Waals surface area contributed by atoms with E-state index in [1.165, 1.54) is 0 Å². The van der Waals surface area contributed by atoms with Crippen molar-refractivity contribution in [3.63, 3.8) is 0 Å². The first-order valence-corrected chi connectivity index (χ1v) is 5.89. The zero-order chi connectivity index (χ0) is 14.2. The molecular weight excluding hydrogens is 250 g/mol. The maximum absolute atomic E-state index is 8.78. The van der Waals surface area contributed by atoms with Crippen LogP contribution in [0.3, 0.4) is 0 Å². The van der Waals surface area contributed by atoms with Gasteiger partial charge in [0.2, 0.25) is 0 Å². The molecule has 2 rings (SSSR count). The van der Waals surface area contributed by atoms with Crippen molar-refractivity contribution in [1.29, 1.82) is 10.5 Å². The smallest absolute Gasteiger partial charge is 0.142 e. The summed E-state index contributed by atoms with van der Waals surface area (Å²) in [7, 11) is 0. The lowest BCUT2D eigenvalue weighted by Crippen LogP contribution is -1.89. The van der Waals surface area contributed by atoms with Crippen LogP contribution in [0.1, 0.15) is 22.3 Å². The molecule has 95 valence electrons. The zero-order valence-corrected chi connectivity index (χ0v) is 10.6. The molecule has 0 saturated carbocycles. The van der Waals surface area contributed by atoms with E-state index in [9.17, 15) is 0 Å². The van der Waals surface area contributed by atoms with Crippen molar-refractivity contribution in [3.05, 3.63) is 70.8 Å². The van der Waals surface area contributed by atoms with E-state index in [2.05, 4.69) is 17.4 Å². The Kier molecular flexibility index (Phi) is 4.48. The minimum Gasteiger partial charge on any atom is -0.390 e. The summed E-state index contributed by atoms with van der Waals surface area (Å²) < 4.78 is 0. The third kappa shape index (κ3) is 3.69. The Morgan fingerprint density at radius 1 is 0.900 bits per heavy atom. The van der Waals surface area contributed by atoms with E-state index in [1.807, 2.05) is 12.1 Å². The molecule has 0 aliphatic carbocycles. The predicted octanol–water partition coefficient (Wildman–Crippen LogP) is 2.86. The topological polar surface area (TPSA) is 69.2 Å². The third-order valence-corrected chi connectivity index (χ3v) is 2.54. The summed E-state index contributed by atoms with van der Waals surface area (Å²) in [6.45, 7) is 0.277. The monoisotopic (exact) mass is 260 g/mol. The van der Waals surface area contributed by atoms with Crippen LogP contribution in [0.25, 0.3) is 0 Å². The summed E-state index contributed by atoms with van der Waals surface area (Å²) in [5.41, 5.74) is 2.78. The first kappa shape index (κ1) is 13.3. The largest absolute Gasteiger partial charge is 0.390 e. The fourth-order valence-corrected chi connectivity index (χ4v) is 1.54. The van der Waals surface area contributed by atoms with Gasteiger partial charge in [0.05, 0.1) is 23.3 Å². The van der Waals surface area contributed by atoms with E-state index < -0.39 is 0 Å². The molecule has 0 heterocycles. The molecule has 0 spiro atoms. The number of rotatable bonds is 4. The Balaban J connectivity index is 1.90. The summed E-state index contributed by atoms with van der Waals surface area (Å²) in [5, 5.41) is 21.2. The molecule has 4 heteroatoms. The molecule has 0 fully saturated rings. The number of hydrogen-bond donors (Lipinski definition) is 0. The van der Waals surface area contributed by atoms with E-state index in [-0.39, 0.29) is 6.61 Å². The van der Waals surface area contributed by atoms with Gasteiger partial charge in [-0.25, -0.2) is 0 Å². The predicted molar refractivity (Wildman–Crippen MR) is 73.6 cm³/mol. The molecule has 1 radical (unpaired) electrons. The van der Waals surface area contributed by atoms with Gasteiger partial charge in [0.15, 0.2) is 0 Å². The van der Waals surface area contributed by atoms with Crippen LogP contribution < -0.4 is 0 Å². The average molecular weight is 260 g/mol. The molecule has 0 atom stereocenters. The normalized spacial score (nSPS) is 9.90. The summed E-state index contributed by atoms with van der Waals surface area (Å²) in [6, 6.07) is 18.1. The lowest BCUT2D eigenvalue weighted by molar-refractivity contribution is 0.132. The SMILES string of the molecule is N#Cc1ccc(/[C]=N\OCc2cccc(C#N)c2)cc1. The molecule has 20 heavy (non-hydrogen) atoms. The van der Waals surface area contributed by atoms with Crippen LogP contribution in [0, 0.1) is 22.7 Å². The van der Waals surface area contributed by atoms with Crippen LogP contribution in [0.4, 0.5) is 0 Å². The molecule has 0 unspecified atom stereocenters. The molecule has 0 aliphatic heterocycles. The van der Waals surface area contributed by atoms with Crippen molar-refractivity contribution in [2.75, 3.05) is 0 Å². The van der Waals surface area contributed by atoms with Crippen molar-refractivity contribution < 1.29 is 4.84 Å². The van der Waals surface area contributed by atoms with Gasteiger partial charge in [0, 0.05) is 5.56 Å². The second-order valence-electron chi connectivity index (χ2n) is 3.98. The van der Waals surface area contributed by atoms with E-state index in [0.29, 0.717) is 11.1 Å². The van der Waals surface area contributed by atoms with Crippen molar-refractivity contribution in [2.45, 2.75) is 6.61 Å². The second-order valence-corrected chi connectivity index (χ2v) is 3.98. The number of nitriles is 2. The molecule has 2 aromatic carbocycles. The molecule has 0 bridgehead atoms. The summed E-state index contributed by atoms with van der Waals surface area (Å²) >= 11 is 0. The fourth-order valence-electron chi connectivity index (χ4n) is 1.54. The Morgan fingerprint density at radius 3 is 2.30 bits per heavy atom. The van der Waals surface area contributed by atoms with Crippen LogP contribution in [0.15, 0.2) is 53.7 Å². The van der Waals surface area contributed by atoms with E-state index in [0.717, 1.165) is 11.1 Å². The summed E-state index contributed by atoms with van der Waals surface area (Å²) in [6.07, 6.45) is 2.72. The van der Waals surface area contributed by atoms with Gasteiger partial charge in [-0.2, -0.15) is 10.5 Å². The van der Waals surface area contributed by atoms with Crippen LogP contribution >= 0.6 is 0 Å². The highest BCUT2D eigenvalue weighted by Crippen LogP contribution is 2.06. The third-order valence-electron chi connectivity index (χ3n) is 2.54. The summed E-state index contributed by atoms with van der Waals surface area (Å²) in [5.74, 6) is 0. The second kappa shape index (κ2) is 6.72. The van der Waals surface area contributed by atoms with Crippen LogP contribution in [0.2, 0.25) is 0 Å². The van der Waals surface area contributed by atoms with Crippen molar-refractivity contribution >= 4 is 6.21 Å². The highest BCUT2D eigenvalue weighted by molar-refractivity contribution is 5.79. The van der Waals surface area contributed by atoms with Gasteiger partial charge < -0.3 is 4.84 Å². The molecule has 4 nitrogen and oxygen atoms in total. The van der Waals surface area contributed by atoms with E-state index in [1.54, 1.807) is 42.5 Å². The van der Waals surface area contributed by atoms with E-state index in [4.69, 9.17) is 15.4 Å². The van der Waals surface area contributed by atoms with Gasteiger partial charge in [-0.15, -0.1) is 0 Å². The quantitative estimate of drug-likeness (QED) is 0.627. The Labute approximate surface area is 117 Å². The highest BCUT2D eigenvalue weighted by Gasteiger charge is 1.95. The maximum atomic E-state index is 8.78. The van der Waals surface area contributed by atoms with Gasteiger partial charge in [0.1, 0.15) is 12.8 Å². The standard InChI is InChI=1S/C16H10N3O/c17-9-13-4-6-14(7-5-13)11-19-20-12-16-3-1-2-15(8-16)10-18/h1-8H,12H2. The molecule has 0 aliphatic rings. The lowest BCUT2D eigenvalue weighted by atomic mass is 10.1. The van der Waals surface area contributed by atoms with Gasteiger partial charge in [0.25, 0.3) is 0 Å². The first-order chi connectivity index (χ1) is 9.81. The van der Waals surface area contributed by atoms with Crippen molar-refractivity contribution in [1.82, 2.24) is 0 Å². The molecule has 0 amide bonds. The molecular formula is C16H10N3O. The highest BCUT2D eigenvalue weighted by atomic mass is 16.6. The van der Waals surface area contributed by atoms with Gasteiger partial charge in [-0.3, -0.25) is 0 Å². The van der Waals surface area contributed by atoms with Crippen molar-refractivity contribution in [2.24, 2.45) is 5.16 Å². The van der Waals surface area contributed by atoms with Gasteiger partial charge in [-0.1, -0.05) is 29.4 Å². The van der Waals surface area contributed by atoms with Gasteiger partial charge in [-0.05, 0) is 29.8 Å². The zero-order valence-electron chi connectivity index (χ0n) is 10.6. The number of hydrogen-bond acceptors (Lipinski definition) is 4.